The number of ether oxygens (including phenoxy) is 1. The number of rotatable bonds is 4. The summed E-state index contributed by atoms with van der Waals surface area (Å²) in [5.41, 5.74) is 1.00. The van der Waals surface area contributed by atoms with E-state index in [4.69, 9.17) is 4.74 Å². The summed E-state index contributed by atoms with van der Waals surface area (Å²) in [4.78, 5) is 22.0. The van der Waals surface area contributed by atoms with Crippen LogP contribution in [0.1, 0.15) is 18.6 Å². The van der Waals surface area contributed by atoms with Gasteiger partial charge in [-0.25, -0.2) is 0 Å². The van der Waals surface area contributed by atoms with Crippen LogP contribution in [0.15, 0.2) is 18.2 Å². The minimum absolute atomic E-state index is 0.0741. The topological polar surface area (TPSA) is 95.9 Å². The molecule has 2 atom stereocenters. The summed E-state index contributed by atoms with van der Waals surface area (Å²) < 4.78 is 5.24. The minimum Gasteiger partial charge on any atom is -0.482 e. The zero-order valence-electron chi connectivity index (χ0n) is 10.8. The lowest BCUT2D eigenvalue weighted by atomic mass is 10.0. The Morgan fingerprint density at radius 3 is 2.95 bits per heavy atom. The van der Waals surface area contributed by atoms with Gasteiger partial charge in [0.15, 0.2) is 11.7 Å². The zero-order chi connectivity index (χ0) is 14.7. The summed E-state index contributed by atoms with van der Waals surface area (Å²) in [7, 11) is 0. The standard InChI is InChI=1S/C13H15NO5S/c1-7(15)20-6-10(16)13(18)8-2-3-9-11(4-8)19-5-12(17)14-9/h2-4,10,13,16,18H,5-6H2,1H3,(H,14,17). The number of aliphatic hydroxyl groups excluding tert-OH is 2. The van der Waals surface area contributed by atoms with Gasteiger partial charge in [0.05, 0.1) is 11.8 Å². The molecule has 3 N–H and O–H groups in total. The van der Waals surface area contributed by atoms with E-state index in [9.17, 15) is 19.8 Å². The molecular weight excluding hydrogens is 282 g/mol. The molecule has 1 aromatic carbocycles. The van der Waals surface area contributed by atoms with Crippen LogP contribution in [-0.2, 0) is 9.59 Å². The Labute approximate surface area is 120 Å². The smallest absolute Gasteiger partial charge is 0.262 e. The van der Waals surface area contributed by atoms with Gasteiger partial charge in [0, 0.05) is 12.7 Å². The van der Waals surface area contributed by atoms with Crippen LogP contribution in [-0.4, -0.2) is 39.7 Å². The van der Waals surface area contributed by atoms with E-state index in [1.165, 1.54) is 6.92 Å². The number of anilines is 1. The lowest BCUT2D eigenvalue weighted by Crippen LogP contribution is -2.26. The number of fused-ring (bicyclic) bond motifs is 1. The van der Waals surface area contributed by atoms with Gasteiger partial charge in [-0.2, -0.15) is 0 Å². The normalized spacial score (nSPS) is 16.6. The summed E-state index contributed by atoms with van der Waals surface area (Å²) in [6.07, 6.45) is -2.17. The van der Waals surface area contributed by atoms with E-state index in [0.717, 1.165) is 11.8 Å². The highest BCUT2D eigenvalue weighted by Crippen LogP contribution is 2.32. The highest BCUT2D eigenvalue weighted by atomic mass is 32.2. The van der Waals surface area contributed by atoms with E-state index < -0.39 is 12.2 Å². The molecule has 0 bridgehead atoms. The molecule has 7 heteroatoms. The lowest BCUT2D eigenvalue weighted by Gasteiger charge is -2.22. The van der Waals surface area contributed by atoms with E-state index in [1.807, 2.05) is 0 Å². The van der Waals surface area contributed by atoms with E-state index in [2.05, 4.69) is 5.32 Å². The maximum atomic E-state index is 11.1. The number of aliphatic hydroxyl groups is 2. The van der Waals surface area contributed by atoms with Crippen LogP contribution < -0.4 is 10.1 Å². The number of thioether (sulfide) groups is 1. The van der Waals surface area contributed by atoms with Crippen LogP contribution in [0, 0.1) is 0 Å². The minimum atomic E-state index is -1.12. The Kier molecular flexibility index (Phi) is 4.64. The van der Waals surface area contributed by atoms with Gasteiger partial charge < -0.3 is 20.3 Å². The van der Waals surface area contributed by atoms with Crippen molar-refractivity contribution in [3.05, 3.63) is 23.8 Å². The average molecular weight is 297 g/mol. The first-order valence-electron chi connectivity index (χ1n) is 6.03. The van der Waals surface area contributed by atoms with Crippen LogP contribution in [0.4, 0.5) is 5.69 Å². The molecule has 20 heavy (non-hydrogen) atoms. The summed E-state index contributed by atoms with van der Waals surface area (Å²) in [5, 5.41) is 22.4. The van der Waals surface area contributed by atoms with Crippen molar-refractivity contribution in [2.45, 2.75) is 19.1 Å². The van der Waals surface area contributed by atoms with Gasteiger partial charge in [-0.05, 0) is 17.7 Å². The molecular formula is C13H15NO5S. The second kappa shape index (κ2) is 6.25. The maximum absolute atomic E-state index is 11.1. The van der Waals surface area contributed by atoms with Crippen molar-refractivity contribution >= 4 is 28.5 Å². The maximum Gasteiger partial charge on any atom is 0.262 e. The monoisotopic (exact) mass is 297 g/mol. The first kappa shape index (κ1) is 14.8. The Morgan fingerprint density at radius 2 is 2.25 bits per heavy atom. The first-order valence-corrected chi connectivity index (χ1v) is 7.02. The lowest BCUT2D eigenvalue weighted by molar-refractivity contribution is -0.118. The molecule has 2 unspecified atom stereocenters. The fourth-order valence-corrected chi connectivity index (χ4v) is 2.38. The van der Waals surface area contributed by atoms with Crippen LogP contribution >= 0.6 is 11.8 Å². The van der Waals surface area contributed by atoms with Gasteiger partial charge in [0.25, 0.3) is 5.91 Å². The summed E-state index contributed by atoms with van der Waals surface area (Å²) in [6.45, 7) is 1.33. The van der Waals surface area contributed by atoms with Crippen molar-refractivity contribution in [2.24, 2.45) is 0 Å². The van der Waals surface area contributed by atoms with Crippen molar-refractivity contribution in [1.82, 2.24) is 0 Å². The Morgan fingerprint density at radius 1 is 1.50 bits per heavy atom. The van der Waals surface area contributed by atoms with Crippen LogP contribution in [0.3, 0.4) is 0 Å². The molecule has 0 fully saturated rings. The van der Waals surface area contributed by atoms with Crippen LogP contribution in [0.5, 0.6) is 5.75 Å². The second-order valence-corrected chi connectivity index (χ2v) is 5.60. The molecule has 0 aromatic heterocycles. The van der Waals surface area contributed by atoms with Crippen molar-refractivity contribution < 1.29 is 24.5 Å². The van der Waals surface area contributed by atoms with Gasteiger partial charge >= 0.3 is 0 Å². The molecule has 0 radical (unpaired) electrons. The zero-order valence-corrected chi connectivity index (χ0v) is 11.6. The number of nitrogens with one attached hydrogen (secondary N) is 1. The third-order valence-corrected chi connectivity index (χ3v) is 3.72. The van der Waals surface area contributed by atoms with Gasteiger partial charge in [-0.1, -0.05) is 17.8 Å². The molecule has 0 saturated carbocycles. The molecule has 1 aliphatic heterocycles. The van der Waals surface area contributed by atoms with Gasteiger partial charge in [0.2, 0.25) is 0 Å². The predicted molar refractivity (Wildman–Crippen MR) is 74.7 cm³/mol. The van der Waals surface area contributed by atoms with Crippen molar-refractivity contribution in [1.29, 1.82) is 0 Å². The van der Waals surface area contributed by atoms with Crippen molar-refractivity contribution in [3.63, 3.8) is 0 Å². The fraction of sp³-hybridized carbons (Fsp3) is 0.385. The molecule has 108 valence electrons. The number of carbonyl (C=O) groups is 2. The number of hydrogen-bond donors (Lipinski definition) is 3. The quantitative estimate of drug-likeness (QED) is 0.757. The predicted octanol–water partition coefficient (Wildman–Crippen LogP) is 0.691. The van der Waals surface area contributed by atoms with E-state index in [-0.39, 0.29) is 23.4 Å². The average Bonchev–Trinajstić information content (AvgIpc) is 2.43. The molecule has 1 amide bonds. The molecule has 1 heterocycles. The van der Waals surface area contributed by atoms with Gasteiger partial charge in [-0.15, -0.1) is 0 Å². The summed E-state index contributed by atoms with van der Waals surface area (Å²) in [5.74, 6) is 0.335. The Bertz CT molecular complexity index is 533. The molecule has 1 aliphatic rings. The second-order valence-electron chi connectivity index (χ2n) is 4.41. The molecule has 6 nitrogen and oxygen atoms in total. The molecule has 0 saturated heterocycles. The van der Waals surface area contributed by atoms with E-state index in [1.54, 1.807) is 18.2 Å². The third kappa shape index (κ3) is 3.50. The number of carbonyl (C=O) groups excluding carboxylic acids is 2. The Balaban J connectivity index is 2.09. The first-order chi connectivity index (χ1) is 9.47. The van der Waals surface area contributed by atoms with E-state index in [0.29, 0.717) is 17.0 Å². The number of hydrogen-bond acceptors (Lipinski definition) is 6. The Hall–Kier alpha value is -1.57. The fourth-order valence-electron chi connectivity index (χ4n) is 1.79. The molecule has 0 spiro atoms. The highest BCUT2D eigenvalue weighted by molar-refractivity contribution is 8.13. The van der Waals surface area contributed by atoms with Gasteiger partial charge in [-0.3, -0.25) is 9.59 Å². The summed E-state index contributed by atoms with van der Waals surface area (Å²) in [6, 6.07) is 4.77. The molecule has 1 aromatic rings. The van der Waals surface area contributed by atoms with Crippen LogP contribution in [0.25, 0.3) is 0 Å². The van der Waals surface area contributed by atoms with Crippen LogP contribution in [0.2, 0.25) is 0 Å². The number of benzene rings is 1. The SMILES string of the molecule is CC(=O)SCC(O)C(O)c1ccc2c(c1)OCC(=O)N2. The third-order valence-electron chi connectivity index (χ3n) is 2.80. The van der Waals surface area contributed by atoms with Crippen molar-refractivity contribution in [3.8, 4) is 5.75 Å². The molecule has 2 rings (SSSR count). The van der Waals surface area contributed by atoms with E-state index >= 15 is 0 Å². The summed E-state index contributed by atoms with van der Waals surface area (Å²) >= 11 is 0.954. The molecule has 0 aliphatic carbocycles. The largest absolute Gasteiger partial charge is 0.482 e. The highest BCUT2D eigenvalue weighted by Gasteiger charge is 2.22. The van der Waals surface area contributed by atoms with Gasteiger partial charge in [0.1, 0.15) is 11.9 Å². The number of amides is 1. The van der Waals surface area contributed by atoms with Crippen molar-refractivity contribution in [2.75, 3.05) is 17.7 Å².